The molecule has 11 heavy (non-hydrogen) atoms. The zero-order chi connectivity index (χ0) is 7.94. The smallest absolute Gasteiger partial charge is 0.0417 e. The van der Waals surface area contributed by atoms with Gasteiger partial charge in [0.1, 0.15) is 0 Å². The van der Waals surface area contributed by atoms with Crippen molar-refractivity contribution in [3.05, 3.63) is 35.9 Å². The topological polar surface area (TPSA) is 12.0 Å². The summed E-state index contributed by atoms with van der Waals surface area (Å²) in [7, 11) is 0. The van der Waals surface area contributed by atoms with Crippen molar-refractivity contribution >= 4 is 11.8 Å². The van der Waals surface area contributed by atoms with Gasteiger partial charge in [-0.15, -0.1) is 11.8 Å². The van der Waals surface area contributed by atoms with Crippen molar-refractivity contribution in [1.29, 1.82) is 0 Å². The van der Waals surface area contributed by atoms with E-state index < -0.39 is 0 Å². The molecule has 0 unspecified atom stereocenters. The molecule has 1 rings (SSSR count). The van der Waals surface area contributed by atoms with E-state index in [-0.39, 0.29) is 0 Å². The minimum Gasteiger partial charge on any atom is -0.304 e. The summed E-state index contributed by atoms with van der Waals surface area (Å²) in [5.41, 5.74) is 1.35. The Kier molecular flexibility index (Phi) is 4.09. The predicted molar refractivity (Wildman–Crippen MR) is 51.7 cm³/mol. The number of benzene rings is 1. The van der Waals surface area contributed by atoms with E-state index in [0.717, 1.165) is 12.4 Å². The van der Waals surface area contributed by atoms with Crippen molar-refractivity contribution < 1.29 is 0 Å². The van der Waals surface area contributed by atoms with Crippen molar-refractivity contribution in [2.45, 2.75) is 6.54 Å². The van der Waals surface area contributed by atoms with Crippen molar-refractivity contribution in [1.82, 2.24) is 5.32 Å². The Labute approximate surface area is 72.2 Å². The molecule has 0 saturated heterocycles. The fraction of sp³-hybridized carbons (Fsp3) is 0.333. The normalized spacial score (nSPS) is 9.91. The van der Waals surface area contributed by atoms with E-state index in [4.69, 9.17) is 0 Å². The molecule has 2 heteroatoms. The summed E-state index contributed by atoms with van der Waals surface area (Å²) >= 11 is 1.81. The lowest BCUT2D eigenvalue weighted by molar-refractivity contribution is 0.797. The molecule has 0 aliphatic rings. The van der Waals surface area contributed by atoms with Crippen molar-refractivity contribution in [2.24, 2.45) is 0 Å². The van der Waals surface area contributed by atoms with Crippen molar-refractivity contribution in [3.63, 3.8) is 0 Å². The van der Waals surface area contributed by atoms with Gasteiger partial charge in [-0.25, -0.2) is 0 Å². The summed E-state index contributed by atoms with van der Waals surface area (Å²) in [4.78, 5) is 0. The van der Waals surface area contributed by atoms with Gasteiger partial charge in [0.05, 0.1) is 0 Å². The minimum absolute atomic E-state index is 0.974. The molecule has 1 aromatic rings. The summed E-state index contributed by atoms with van der Waals surface area (Å²) in [6.45, 7) is 0.974. The van der Waals surface area contributed by atoms with Gasteiger partial charge >= 0.3 is 0 Å². The minimum atomic E-state index is 0.974. The third kappa shape index (κ3) is 3.44. The quantitative estimate of drug-likeness (QED) is 0.544. The first-order valence-corrected chi connectivity index (χ1v) is 5.06. The van der Waals surface area contributed by atoms with Gasteiger partial charge in [0.15, 0.2) is 0 Å². The molecule has 0 fully saturated rings. The van der Waals surface area contributed by atoms with Gasteiger partial charge in [0.25, 0.3) is 0 Å². The Bertz CT molecular complexity index is 186. The fourth-order valence-corrected chi connectivity index (χ4v) is 1.20. The highest BCUT2D eigenvalue weighted by molar-refractivity contribution is 7.98. The number of thioether (sulfide) groups is 1. The molecule has 60 valence electrons. The molecule has 0 heterocycles. The molecule has 1 aromatic carbocycles. The predicted octanol–water partition coefficient (Wildman–Crippen LogP) is 2.10. The van der Waals surface area contributed by atoms with Crippen LogP contribution >= 0.6 is 11.8 Å². The molecular weight excluding hydrogens is 154 g/mol. The molecule has 0 aliphatic heterocycles. The van der Waals surface area contributed by atoms with Crippen LogP contribution in [0.5, 0.6) is 0 Å². The number of hydrogen-bond acceptors (Lipinski definition) is 2. The van der Waals surface area contributed by atoms with E-state index in [0.29, 0.717) is 0 Å². The van der Waals surface area contributed by atoms with E-state index >= 15 is 0 Å². The molecule has 0 saturated carbocycles. The summed E-state index contributed by atoms with van der Waals surface area (Å²) in [6.07, 6.45) is 2.10. The van der Waals surface area contributed by atoms with Crippen LogP contribution in [-0.2, 0) is 6.54 Å². The van der Waals surface area contributed by atoms with Crippen LogP contribution in [0.1, 0.15) is 5.56 Å². The largest absolute Gasteiger partial charge is 0.304 e. The maximum atomic E-state index is 3.31. The first-order chi connectivity index (χ1) is 5.43. The molecule has 1 N–H and O–H groups in total. The molecule has 0 spiro atoms. The summed E-state index contributed by atoms with van der Waals surface area (Å²) < 4.78 is 0. The van der Waals surface area contributed by atoms with Gasteiger partial charge in [-0.05, 0) is 11.8 Å². The Balaban J connectivity index is 2.28. The standard InChI is InChI=1S/C9H13NS/c1-11-8-10-7-9-5-3-2-4-6-9/h2-6,10H,7-8H2,1H3. The molecule has 0 amide bonds. The molecule has 0 radical (unpaired) electrons. The van der Waals surface area contributed by atoms with Crippen LogP contribution in [0.4, 0.5) is 0 Å². The highest BCUT2D eigenvalue weighted by Gasteiger charge is 1.87. The average Bonchev–Trinajstić information content (AvgIpc) is 2.07. The second-order valence-corrected chi connectivity index (χ2v) is 3.21. The van der Waals surface area contributed by atoms with Crippen molar-refractivity contribution in [2.75, 3.05) is 12.1 Å². The van der Waals surface area contributed by atoms with E-state index in [9.17, 15) is 0 Å². The lowest BCUT2D eigenvalue weighted by Crippen LogP contribution is -2.11. The summed E-state index contributed by atoms with van der Waals surface area (Å²) in [5, 5.41) is 3.31. The molecule has 0 aromatic heterocycles. The Morgan fingerprint density at radius 3 is 2.64 bits per heavy atom. The Hall–Kier alpha value is -0.470. The molecule has 0 aliphatic carbocycles. The van der Waals surface area contributed by atoms with Gasteiger partial charge in [-0.2, -0.15) is 0 Å². The zero-order valence-electron chi connectivity index (χ0n) is 6.71. The first kappa shape index (κ1) is 8.62. The highest BCUT2D eigenvalue weighted by atomic mass is 32.2. The van der Waals surface area contributed by atoms with Crippen LogP contribution in [0.15, 0.2) is 30.3 Å². The molecule has 0 atom stereocenters. The third-order valence-corrected chi connectivity index (χ3v) is 1.91. The molecular formula is C9H13NS. The maximum absolute atomic E-state index is 3.31. The second-order valence-electron chi connectivity index (χ2n) is 2.35. The Morgan fingerprint density at radius 2 is 2.00 bits per heavy atom. The van der Waals surface area contributed by atoms with E-state index in [1.54, 1.807) is 0 Å². The van der Waals surface area contributed by atoms with Crippen molar-refractivity contribution in [3.8, 4) is 0 Å². The van der Waals surface area contributed by atoms with Gasteiger partial charge < -0.3 is 5.32 Å². The highest BCUT2D eigenvalue weighted by Crippen LogP contribution is 1.97. The van der Waals surface area contributed by atoms with Crippen LogP contribution in [0, 0.1) is 0 Å². The van der Waals surface area contributed by atoms with Crippen LogP contribution in [0.2, 0.25) is 0 Å². The monoisotopic (exact) mass is 167 g/mol. The maximum Gasteiger partial charge on any atom is 0.0417 e. The lowest BCUT2D eigenvalue weighted by atomic mass is 10.2. The summed E-state index contributed by atoms with van der Waals surface area (Å²) in [5.74, 6) is 1.02. The van der Waals surface area contributed by atoms with Gasteiger partial charge in [0.2, 0.25) is 0 Å². The lowest BCUT2D eigenvalue weighted by Gasteiger charge is -2.01. The second kappa shape index (κ2) is 5.22. The van der Waals surface area contributed by atoms with Gasteiger partial charge in [-0.1, -0.05) is 30.3 Å². The fourth-order valence-electron chi connectivity index (χ4n) is 0.893. The van der Waals surface area contributed by atoms with E-state index in [1.807, 2.05) is 17.8 Å². The van der Waals surface area contributed by atoms with Crippen LogP contribution in [-0.4, -0.2) is 12.1 Å². The Morgan fingerprint density at radius 1 is 1.27 bits per heavy atom. The number of rotatable bonds is 4. The first-order valence-electron chi connectivity index (χ1n) is 3.67. The van der Waals surface area contributed by atoms with Gasteiger partial charge in [0, 0.05) is 12.4 Å². The van der Waals surface area contributed by atoms with Crippen LogP contribution < -0.4 is 5.32 Å². The summed E-state index contributed by atoms with van der Waals surface area (Å²) in [6, 6.07) is 10.4. The zero-order valence-corrected chi connectivity index (χ0v) is 7.53. The SMILES string of the molecule is CSCNCc1ccccc1. The van der Waals surface area contributed by atoms with Crippen LogP contribution in [0.3, 0.4) is 0 Å². The third-order valence-electron chi connectivity index (χ3n) is 1.42. The van der Waals surface area contributed by atoms with E-state index in [2.05, 4.69) is 35.8 Å². The molecule has 1 nitrogen and oxygen atoms in total. The number of hydrogen-bond donors (Lipinski definition) is 1. The molecule has 0 bridgehead atoms. The van der Waals surface area contributed by atoms with Crippen LogP contribution in [0.25, 0.3) is 0 Å². The number of nitrogens with one attached hydrogen (secondary N) is 1. The van der Waals surface area contributed by atoms with E-state index in [1.165, 1.54) is 5.56 Å². The van der Waals surface area contributed by atoms with Gasteiger partial charge in [-0.3, -0.25) is 0 Å². The average molecular weight is 167 g/mol.